The van der Waals surface area contributed by atoms with Crippen LogP contribution in [-0.4, -0.2) is 30.2 Å². The van der Waals surface area contributed by atoms with Crippen LogP contribution in [0, 0.1) is 11.8 Å². The van der Waals surface area contributed by atoms with Gasteiger partial charge in [0.1, 0.15) is 0 Å². The summed E-state index contributed by atoms with van der Waals surface area (Å²) < 4.78 is 5.48. The fourth-order valence-corrected chi connectivity index (χ4v) is 4.15. The van der Waals surface area contributed by atoms with Gasteiger partial charge >= 0.3 is 0 Å². The van der Waals surface area contributed by atoms with Crippen molar-refractivity contribution in [2.45, 2.75) is 32.0 Å². The second kappa shape index (κ2) is 6.10. The Morgan fingerprint density at radius 1 is 0.870 bits per heavy atom. The van der Waals surface area contributed by atoms with Gasteiger partial charge in [-0.25, -0.2) is 0 Å². The zero-order valence-electron chi connectivity index (χ0n) is 13.9. The predicted octanol–water partition coefficient (Wildman–Crippen LogP) is 4.13. The van der Waals surface area contributed by atoms with Crippen LogP contribution in [0.4, 0.5) is 0 Å². The highest BCUT2D eigenvalue weighted by atomic mass is 16.5. The molecule has 2 aromatic carbocycles. The molecule has 4 rings (SSSR count). The minimum Gasteiger partial charge on any atom is -0.381 e. The smallest absolute Gasteiger partial charge is 0.0608 e. The highest BCUT2D eigenvalue weighted by Gasteiger charge is 2.57. The van der Waals surface area contributed by atoms with Gasteiger partial charge in [-0.15, -0.1) is 0 Å². The van der Waals surface area contributed by atoms with E-state index in [2.05, 4.69) is 79.4 Å². The summed E-state index contributed by atoms with van der Waals surface area (Å²) in [5.74, 6) is 1.38. The lowest BCUT2D eigenvalue weighted by Gasteiger charge is -2.28. The monoisotopic (exact) mass is 307 g/mol. The number of hydrogen-bond acceptors (Lipinski definition) is 2. The molecule has 0 spiro atoms. The predicted molar refractivity (Wildman–Crippen MR) is 93.3 cm³/mol. The fraction of sp³-hybridized carbons (Fsp3) is 0.429. The molecule has 0 aromatic heterocycles. The number of rotatable bonds is 5. The summed E-state index contributed by atoms with van der Waals surface area (Å²) in [5.41, 5.74) is 2.79. The van der Waals surface area contributed by atoms with Gasteiger partial charge in [-0.2, -0.15) is 0 Å². The Labute approximate surface area is 139 Å². The number of ether oxygens (including phenoxy) is 1. The summed E-state index contributed by atoms with van der Waals surface area (Å²) in [7, 11) is 0. The molecule has 3 atom stereocenters. The Morgan fingerprint density at radius 2 is 1.39 bits per heavy atom. The Hall–Kier alpha value is -1.64. The quantitative estimate of drug-likeness (QED) is 0.770. The van der Waals surface area contributed by atoms with E-state index in [1.165, 1.54) is 11.1 Å². The lowest BCUT2D eigenvalue weighted by atomic mass is 9.96. The molecule has 2 fully saturated rings. The fourth-order valence-electron chi connectivity index (χ4n) is 4.15. The third-order valence-electron chi connectivity index (χ3n) is 5.31. The Kier molecular flexibility index (Phi) is 3.96. The molecule has 23 heavy (non-hydrogen) atoms. The standard InChI is InChI=1S/C21H25NO/c1-15(2)19-21(18-13-23-14-18)22(19)20(16-9-5-3-6-10-16)17-11-7-4-8-12-17/h3-12,15,18-21H,13-14H2,1-2H3/t19-,21-,22?/m1/s1. The van der Waals surface area contributed by atoms with Crippen molar-refractivity contribution in [1.82, 2.24) is 4.90 Å². The molecule has 2 heterocycles. The molecule has 1 unspecified atom stereocenters. The topological polar surface area (TPSA) is 12.2 Å². The van der Waals surface area contributed by atoms with Crippen LogP contribution in [-0.2, 0) is 4.74 Å². The van der Waals surface area contributed by atoms with Gasteiger partial charge in [0.05, 0.1) is 19.3 Å². The summed E-state index contributed by atoms with van der Waals surface area (Å²) in [6, 6.07) is 23.6. The van der Waals surface area contributed by atoms with Crippen LogP contribution in [0.25, 0.3) is 0 Å². The minimum absolute atomic E-state index is 0.357. The second-order valence-corrected chi connectivity index (χ2v) is 7.19. The normalized spacial score (nSPS) is 27.2. The van der Waals surface area contributed by atoms with Crippen molar-refractivity contribution in [1.29, 1.82) is 0 Å². The first-order chi connectivity index (χ1) is 11.3. The van der Waals surface area contributed by atoms with Gasteiger partial charge in [0.2, 0.25) is 0 Å². The molecule has 0 saturated carbocycles. The van der Waals surface area contributed by atoms with Gasteiger partial charge < -0.3 is 4.74 Å². The van der Waals surface area contributed by atoms with Crippen LogP contribution in [0.2, 0.25) is 0 Å². The van der Waals surface area contributed by atoms with Crippen molar-refractivity contribution in [2.75, 3.05) is 13.2 Å². The van der Waals surface area contributed by atoms with Crippen molar-refractivity contribution in [3.05, 3.63) is 71.8 Å². The lowest BCUT2D eigenvalue weighted by molar-refractivity contribution is -0.0389. The summed E-state index contributed by atoms with van der Waals surface area (Å²) in [5, 5.41) is 0. The molecule has 0 N–H and O–H groups in total. The Morgan fingerprint density at radius 3 is 1.78 bits per heavy atom. The Balaban J connectivity index is 1.71. The molecule has 2 saturated heterocycles. The maximum Gasteiger partial charge on any atom is 0.0608 e. The van der Waals surface area contributed by atoms with E-state index in [1.807, 2.05) is 0 Å². The van der Waals surface area contributed by atoms with Crippen LogP contribution in [0.15, 0.2) is 60.7 Å². The molecule has 2 aliphatic rings. The Bertz CT molecular complexity index is 596. The first-order valence-electron chi connectivity index (χ1n) is 8.72. The highest BCUT2D eigenvalue weighted by Crippen LogP contribution is 2.49. The SMILES string of the molecule is CC(C)[C@@H]1[C@@H](C2COC2)N1C(c1ccccc1)c1ccccc1. The second-order valence-electron chi connectivity index (χ2n) is 7.19. The van der Waals surface area contributed by atoms with Crippen molar-refractivity contribution < 1.29 is 4.74 Å². The maximum atomic E-state index is 5.48. The highest BCUT2D eigenvalue weighted by molar-refractivity contribution is 5.35. The van der Waals surface area contributed by atoms with Crippen LogP contribution in [0.1, 0.15) is 31.0 Å². The first-order valence-corrected chi connectivity index (χ1v) is 8.72. The largest absolute Gasteiger partial charge is 0.381 e. The molecule has 2 heteroatoms. The zero-order chi connectivity index (χ0) is 15.8. The average Bonchev–Trinajstić information content (AvgIpc) is 3.23. The van der Waals surface area contributed by atoms with Crippen molar-refractivity contribution in [3.63, 3.8) is 0 Å². The zero-order valence-corrected chi connectivity index (χ0v) is 13.9. The third kappa shape index (κ3) is 2.71. The number of nitrogens with zero attached hydrogens (tertiary/aromatic N) is 1. The van der Waals surface area contributed by atoms with Gasteiger partial charge in [0.25, 0.3) is 0 Å². The van der Waals surface area contributed by atoms with E-state index in [0.29, 0.717) is 30.0 Å². The van der Waals surface area contributed by atoms with E-state index in [0.717, 1.165) is 13.2 Å². The van der Waals surface area contributed by atoms with E-state index >= 15 is 0 Å². The van der Waals surface area contributed by atoms with Crippen LogP contribution >= 0.6 is 0 Å². The average molecular weight is 307 g/mol. The van der Waals surface area contributed by atoms with E-state index < -0.39 is 0 Å². The van der Waals surface area contributed by atoms with Crippen molar-refractivity contribution in [2.24, 2.45) is 11.8 Å². The van der Waals surface area contributed by atoms with E-state index in [4.69, 9.17) is 4.74 Å². The van der Waals surface area contributed by atoms with Gasteiger partial charge in [-0.3, -0.25) is 4.90 Å². The molecule has 0 radical (unpaired) electrons. The number of hydrogen-bond donors (Lipinski definition) is 0. The van der Waals surface area contributed by atoms with Gasteiger partial charge in [-0.1, -0.05) is 74.5 Å². The third-order valence-corrected chi connectivity index (χ3v) is 5.31. The summed E-state index contributed by atoms with van der Waals surface area (Å²) in [6.45, 7) is 6.57. The lowest BCUT2D eigenvalue weighted by Crippen LogP contribution is -2.35. The van der Waals surface area contributed by atoms with E-state index in [9.17, 15) is 0 Å². The molecule has 120 valence electrons. The molecule has 2 nitrogen and oxygen atoms in total. The first kappa shape index (κ1) is 14.9. The van der Waals surface area contributed by atoms with Gasteiger partial charge in [-0.05, 0) is 17.0 Å². The minimum atomic E-state index is 0.357. The van der Waals surface area contributed by atoms with E-state index in [-0.39, 0.29) is 0 Å². The van der Waals surface area contributed by atoms with Crippen LogP contribution in [0.5, 0.6) is 0 Å². The van der Waals surface area contributed by atoms with Crippen molar-refractivity contribution in [3.8, 4) is 0 Å². The molecule has 2 aromatic rings. The summed E-state index contributed by atoms with van der Waals surface area (Å²) in [6.07, 6.45) is 0. The van der Waals surface area contributed by atoms with Gasteiger partial charge in [0.15, 0.2) is 0 Å². The molecule has 2 aliphatic heterocycles. The molecule has 0 bridgehead atoms. The summed E-state index contributed by atoms with van der Waals surface area (Å²) in [4.78, 5) is 2.72. The van der Waals surface area contributed by atoms with Crippen LogP contribution < -0.4 is 0 Å². The van der Waals surface area contributed by atoms with E-state index in [1.54, 1.807) is 0 Å². The number of benzene rings is 2. The molecule has 0 amide bonds. The van der Waals surface area contributed by atoms with Gasteiger partial charge in [0, 0.05) is 18.0 Å². The molecular formula is C21H25NO. The molecule has 0 aliphatic carbocycles. The molecular weight excluding hydrogens is 282 g/mol. The maximum absolute atomic E-state index is 5.48. The summed E-state index contributed by atoms with van der Waals surface area (Å²) >= 11 is 0. The van der Waals surface area contributed by atoms with Crippen LogP contribution in [0.3, 0.4) is 0 Å². The van der Waals surface area contributed by atoms with Crippen molar-refractivity contribution >= 4 is 0 Å².